The first-order valence-corrected chi connectivity index (χ1v) is 8.38. The van der Waals surface area contributed by atoms with Gasteiger partial charge in [-0.3, -0.25) is 9.59 Å². The highest BCUT2D eigenvalue weighted by Crippen LogP contribution is 2.34. The molecule has 0 saturated heterocycles. The van der Waals surface area contributed by atoms with Gasteiger partial charge in [0.05, 0.1) is 6.04 Å². The minimum Gasteiger partial charge on any atom is -0.454 e. The van der Waals surface area contributed by atoms with Crippen molar-refractivity contribution in [1.29, 1.82) is 0 Å². The van der Waals surface area contributed by atoms with Crippen LogP contribution in [-0.2, 0) is 16.6 Å². The number of carbonyl (C=O) groups excluding carboxylic acids is 3. The van der Waals surface area contributed by atoms with Crippen LogP contribution in [0.3, 0.4) is 0 Å². The van der Waals surface area contributed by atoms with E-state index in [1.807, 2.05) is 13.0 Å². The average Bonchev–Trinajstić information content (AvgIpc) is 3.25. The molecule has 8 nitrogen and oxygen atoms in total. The maximum Gasteiger partial charge on any atom is 0.355 e. The van der Waals surface area contributed by atoms with Gasteiger partial charge < -0.3 is 24.1 Å². The SMILES string of the molecule is CC(=O)c1cc(C(=O)OCC(=O)N[C@@H](C)c2ccc3c(c2)OCO3)n(C)c1. The van der Waals surface area contributed by atoms with E-state index in [0.717, 1.165) is 5.56 Å². The predicted molar refractivity (Wildman–Crippen MR) is 94.8 cm³/mol. The quantitative estimate of drug-likeness (QED) is 0.615. The standard InChI is InChI=1S/C19H20N2O6/c1-11(13-4-5-16-17(7-13)27-10-26-16)20-18(23)9-25-19(24)15-6-14(12(2)22)8-21(15)3/h4-8,11H,9-10H2,1-3H3,(H,20,23)/t11-/m0/s1. The molecule has 142 valence electrons. The fourth-order valence-electron chi connectivity index (χ4n) is 2.71. The van der Waals surface area contributed by atoms with Gasteiger partial charge in [-0.05, 0) is 37.6 Å². The molecule has 1 amide bonds. The molecule has 0 unspecified atom stereocenters. The Morgan fingerprint density at radius 3 is 2.67 bits per heavy atom. The molecule has 2 aromatic rings. The number of carbonyl (C=O) groups is 3. The minimum absolute atomic E-state index is 0.153. The van der Waals surface area contributed by atoms with Crippen LogP contribution in [0.2, 0.25) is 0 Å². The molecule has 0 aliphatic carbocycles. The molecule has 1 aromatic carbocycles. The van der Waals surface area contributed by atoms with E-state index in [4.69, 9.17) is 14.2 Å². The molecule has 0 radical (unpaired) electrons. The van der Waals surface area contributed by atoms with E-state index in [2.05, 4.69) is 5.32 Å². The molecule has 0 fully saturated rings. The molecule has 0 bridgehead atoms. The van der Waals surface area contributed by atoms with Crippen molar-refractivity contribution < 1.29 is 28.6 Å². The van der Waals surface area contributed by atoms with Gasteiger partial charge in [0.15, 0.2) is 23.9 Å². The smallest absolute Gasteiger partial charge is 0.355 e. The highest BCUT2D eigenvalue weighted by molar-refractivity contribution is 5.98. The molecule has 0 saturated carbocycles. The molecule has 1 aliphatic heterocycles. The van der Waals surface area contributed by atoms with Crippen molar-refractivity contribution in [2.75, 3.05) is 13.4 Å². The number of ketones is 1. The van der Waals surface area contributed by atoms with Crippen molar-refractivity contribution in [1.82, 2.24) is 9.88 Å². The number of hydrogen-bond donors (Lipinski definition) is 1. The largest absolute Gasteiger partial charge is 0.454 e. The lowest BCUT2D eigenvalue weighted by atomic mass is 10.1. The van der Waals surface area contributed by atoms with Crippen LogP contribution in [-0.4, -0.2) is 35.6 Å². The van der Waals surface area contributed by atoms with Crippen LogP contribution in [0.4, 0.5) is 0 Å². The first-order valence-electron chi connectivity index (χ1n) is 8.38. The molecule has 1 N–H and O–H groups in total. The van der Waals surface area contributed by atoms with Gasteiger partial charge in [0.25, 0.3) is 5.91 Å². The van der Waals surface area contributed by atoms with Crippen LogP contribution >= 0.6 is 0 Å². The van der Waals surface area contributed by atoms with Gasteiger partial charge in [0.1, 0.15) is 5.69 Å². The van der Waals surface area contributed by atoms with Crippen molar-refractivity contribution in [2.24, 2.45) is 7.05 Å². The monoisotopic (exact) mass is 372 g/mol. The first kappa shape index (κ1) is 18.5. The molecule has 1 aromatic heterocycles. The number of aromatic nitrogens is 1. The number of amides is 1. The van der Waals surface area contributed by atoms with Crippen molar-refractivity contribution >= 4 is 17.7 Å². The second-order valence-corrected chi connectivity index (χ2v) is 6.26. The fraction of sp³-hybridized carbons (Fsp3) is 0.316. The summed E-state index contributed by atoms with van der Waals surface area (Å²) in [4.78, 5) is 35.6. The minimum atomic E-state index is -0.670. The molecule has 27 heavy (non-hydrogen) atoms. The summed E-state index contributed by atoms with van der Waals surface area (Å²) < 4.78 is 17.1. The number of esters is 1. The summed E-state index contributed by atoms with van der Waals surface area (Å²) in [5.41, 5.74) is 1.45. The Morgan fingerprint density at radius 1 is 1.22 bits per heavy atom. The summed E-state index contributed by atoms with van der Waals surface area (Å²) in [6.45, 7) is 2.98. The Balaban J connectivity index is 1.55. The lowest BCUT2D eigenvalue weighted by Crippen LogP contribution is -2.31. The summed E-state index contributed by atoms with van der Waals surface area (Å²) >= 11 is 0. The number of benzene rings is 1. The van der Waals surface area contributed by atoms with Crippen LogP contribution in [0.15, 0.2) is 30.5 Å². The zero-order valence-electron chi connectivity index (χ0n) is 15.3. The lowest BCUT2D eigenvalue weighted by Gasteiger charge is -2.15. The third-order valence-corrected chi connectivity index (χ3v) is 4.23. The number of fused-ring (bicyclic) bond motifs is 1. The Hall–Kier alpha value is -3.29. The van der Waals surface area contributed by atoms with Crippen LogP contribution in [0.25, 0.3) is 0 Å². The summed E-state index contributed by atoms with van der Waals surface area (Å²) in [6, 6.07) is 6.55. The molecule has 0 spiro atoms. The van der Waals surface area contributed by atoms with Gasteiger partial charge in [-0.15, -0.1) is 0 Å². The Morgan fingerprint density at radius 2 is 1.96 bits per heavy atom. The topological polar surface area (TPSA) is 95.9 Å². The van der Waals surface area contributed by atoms with Crippen molar-refractivity contribution in [2.45, 2.75) is 19.9 Å². The van der Waals surface area contributed by atoms with E-state index >= 15 is 0 Å². The number of hydrogen-bond acceptors (Lipinski definition) is 6. The predicted octanol–water partition coefficient (Wildman–Crippen LogP) is 1.99. The molecular weight excluding hydrogens is 352 g/mol. The van der Waals surface area contributed by atoms with Crippen molar-refractivity contribution in [3.8, 4) is 11.5 Å². The third kappa shape index (κ3) is 4.11. The zero-order chi connectivity index (χ0) is 19.6. The Kier molecular flexibility index (Phi) is 5.16. The van der Waals surface area contributed by atoms with E-state index in [1.165, 1.54) is 17.6 Å². The van der Waals surface area contributed by atoms with E-state index in [0.29, 0.717) is 17.1 Å². The van der Waals surface area contributed by atoms with Crippen LogP contribution in [0.1, 0.15) is 46.3 Å². The molecule has 1 atom stereocenters. The van der Waals surface area contributed by atoms with Crippen molar-refractivity contribution in [3.63, 3.8) is 0 Å². The van der Waals surface area contributed by atoms with Crippen molar-refractivity contribution in [3.05, 3.63) is 47.3 Å². The molecule has 1 aliphatic rings. The van der Waals surface area contributed by atoms with E-state index in [1.54, 1.807) is 25.4 Å². The average molecular weight is 372 g/mol. The van der Waals surface area contributed by atoms with E-state index in [9.17, 15) is 14.4 Å². The van der Waals surface area contributed by atoms with Gasteiger partial charge >= 0.3 is 5.97 Å². The van der Waals surface area contributed by atoms with Gasteiger partial charge in [-0.25, -0.2) is 4.79 Å². The lowest BCUT2D eigenvalue weighted by molar-refractivity contribution is -0.124. The maximum absolute atomic E-state index is 12.1. The molecule has 8 heteroatoms. The second-order valence-electron chi connectivity index (χ2n) is 6.26. The zero-order valence-corrected chi connectivity index (χ0v) is 15.3. The number of ether oxygens (including phenoxy) is 3. The van der Waals surface area contributed by atoms with Gasteiger partial charge in [-0.2, -0.15) is 0 Å². The molecule has 2 heterocycles. The van der Waals surface area contributed by atoms with Crippen LogP contribution in [0.5, 0.6) is 11.5 Å². The summed E-state index contributed by atoms with van der Waals surface area (Å²) in [5, 5.41) is 2.76. The normalized spacial score (nSPS) is 13.1. The summed E-state index contributed by atoms with van der Waals surface area (Å²) in [7, 11) is 1.63. The number of Topliss-reactive ketones (excluding diaryl/α,β-unsaturated/α-hetero) is 1. The van der Waals surface area contributed by atoms with Crippen LogP contribution < -0.4 is 14.8 Å². The van der Waals surface area contributed by atoms with E-state index in [-0.39, 0.29) is 24.3 Å². The number of nitrogens with one attached hydrogen (secondary N) is 1. The molecule has 3 rings (SSSR count). The highest BCUT2D eigenvalue weighted by Gasteiger charge is 2.19. The van der Waals surface area contributed by atoms with E-state index < -0.39 is 18.5 Å². The number of nitrogens with zero attached hydrogens (tertiary/aromatic N) is 1. The maximum atomic E-state index is 12.1. The van der Waals surface area contributed by atoms with Gasteiger partial charge in [-0.1, -0.05) is 6.07 Å². The summed E-state index contributed by atoms with van der Waals surface area (Å²) in [6.07, 6.45) is 1.54. The van der Waals surface area contributed by atoms with Gasteiger partial charge in [0, 0.05) is 18.8 Å². The third-order valence-electron chi connectivity index (χ3n) is 4.23. The number of aryl methyl sites for hydroxylation is 1. The first-order chi connectivity index (χ1) is 12.8. The van der Waals surface area contributed by atoms with Crippen LogP contribution in [0, 0.1) is 0 Å². The fourth-order valence-corrected chi connectivity index (χ4v) is 2.71. The number of rotatable bonds is 6. The summed E-state index contributed by atoms with van der Waals surface area (Å²) in [5.74, 6) is 0.0362. The van der Waals surface area contributed by atoms with Gasteiger partial charge in [0.2, 0.25) is 6.79 Å². The highest BCUT2D eigenvalue weighted by atomic mass is 16.7. The Bertz CT molecular complexity index is 902. The molecular formula is C19H20N2O6. The Labute approximate surface area is 156 Å². The second kappa shape index (κ2) is 7.53.